The van der Waals surface area contributed by atoms with Crippen molar-refractivity contribution >= 4 is 23.4 Å². The first-order valence-corrected chi connectivity index (χ1v) is 5.78. The predicted molar refractivity (Wildman–Crippen MR) is 65.1 cm³/mol. The Labute approximate surface area is 101 Å². The summed E-state index contributed by atoms with van der Waals surface area (Å²) in [6.07, 6.45) is 0. The lowest BCUT2D eigenvalue weighted by Crippen LogP contribution is -2.23. The van der Waals surface area contributed by atoms with Crippen LogP contribution in [-0.4, -0.2) is 23.8 Å². The second kappa shape index (κ2) is 6.39. The van der Waals surface area contributed by atoms with Gasteiger partial charge in [-0.3, -0.25) is 4.99 Å². The van der Waals surface area contributed by atoms with Crippen LogP contribution in [0.2, 0.25) is 0 Å². The van der Waals surface area contributed by atoms with Gasteiger partial charge in [0.05, 0.1) is 6.54 Å². The Morgan fingerprint density at radius 1 is 1.29 bits per heavy atom. The Hall–Kier alpha value is -1.37. The summed E-state index contributed by atoms with van der Waals surface area (Å²) in [5.41, 5.74) is 2.04. The number of nitrogens with zero attached hydrogens (tertiary/aromatic N) is 1. The standard InChI is InChI=1S/C10H12F3N3S/c11-10(12,13)17-7-6-15-9(14)16-8-4-2-1-3-5-8/h1-5H,6-7H2,(H3,14,15,16). The molecule has 94 valence electrons. The largest absolute Gasteiger partial charge is 0.441 e. The number of hydrogen-bond acceptors (Lipinski definition) is 2. The van der Waals surface area contributed by atoms with Crippen LogP contribution in [0.4, 0.5) is 18.9 Å². The Morgan fingerprint density at radius 3 is 2.53 bits per heavy atom. The van der Waals surface area contributed by atoms with Gasteiger partial charge in [-0.15, -0.1) is 0 Å². The Bertz CT molecular complexity index is 365. The van der Waals surface area contributed by atoms with Gasteiger partial charge >= 0.3 is 5.51 Å². The number of anilines is 1. The monoisotopic (exact) mass is 263 g/mol. The van der Waals surface area contributed by atoms with Crippen molar-refractivity contribution in [2.45, 2.75) is 5.51 Å². The van der Waals surface area contributed by atoms with E-state index in [4.69, 9.17) is 5.73 Å². The van der Waals surface area contributed by atoms with Crippen molar-refractivity contribution < 1.29 is 13.2 Å². The molecule has 0 saturated carbocycles. The molecule has 1 rings (SSSR count). The van der Waals surface area contributed by atoms with Crippen molar-refractivity contribution in [2.24, 2.45) is 10.7 Å². The zero-order chi connectivity index (χ0) is 12.7. The molecule has 17 heavy (non-hydrogen) atoms. The number of thioether (sulfide) groups is 1. The summed E-state index contributed by atoms with van der Waals surface area (Å²) in [4.78, 5) is 3.78. The SMILES string of the molecule is NC(=NCCSC(F)(F)F)Nc1ccccc1. The molecule has 0 aliphatic carbocycles. The molecular weight excluding hydrogens is 251 g/mol. The smallest absolute Gasteiger partial charge is 0.370 e. The third-order valence-electron chi connectivity index (χ3n) is 1.69. The number of alkyl halides is 3. The van der Waals surface area contributed by atoms with E-state index in [0.717, 1.165) is 5.69 Å². The quantitative estimate of drug-likeness (QED) is 0.499. The maximum Gasteiger partial charge on any atom is 0.441 e. The molecule has 1 aromatic rings. The van der Waals surface area contributed by atoms with Gasteiger partial charge in [0, 0.05) is 11.4 Å². The number of guanidine groups is 1. The van der Waals surface area contributed by atoms with Gasteiger partial charge in [0.25, 0.3) is 0 Å². The fraction of sp³-hybridized carbons (Fsp3) is 0.300. The molecular formula is C10H12F3N3S. The molecule has 0 fully saturated rings. The Kier molecular flexibility index (Phi) is 5.14. The van der Waals surface area contributed by atoms with Crippen molar-refractivity contribution in [3.63, 3.8) is 0 Å². The van der Waals surface area contributed by atoms with Crippen molar-refractivity contribution in [3.05, 3.63) is 30.3 Å². The van der Waals surface area contributed by atoms with E-state index in [1.807, 2.05) is 18.2 Å². The van der Waals surface area contributed by atoms with E-state index in [-0.39, 0.29) is 30.0 Å². The zero-order valence-corrected chi connectivity index (χ0v) is 9.68. The fourth-order valence-corrected chi connectivity index (χ4v) is 1.45. The number of hydrogen-bond donors (Lipinski definition) is 2. The van der Waals surface area contributed by atoms with Crippen LogP contribution >= 0.6 is 11.8 Å². The normalized spacial score (nSPS) is 12.5. The minimum Gasteiger partial charge on any atom is -0.370 e. The molecule has 0 aliphatic rings. The molecule has 0 aromatic heterocycles. The van der Waals surface area contributed by atoms with E-state index >= 15 is 0 Å². The lowest BCUT2D eigenvalue weighted by Gasteiger charge is -2.06. The highest BCUT2D eigenvalue weighted by Gasteiger charge is 2.27. The molecule has 1 aromatic carbocycles. The van der Waals surface area contributed by atoms with E-state index in [1.165, 1.54) is 0 Å². The van der Waals surface area contributed by atoms with Crippen LogP contribution in [0.3, 0.4) is 0 Å². The van der Waals surface area contributed by atoms with Crippen molar-refractivity contribution in [1.29, 1.82) is 0 Å². The highest BCUT2D eigenvalue weighted by molar-refractivity contribution is 8.00. The molecule has 3 N–H and O–H groups in total. The molecule has 0 heterocycles. The summed E-state index contributed by atoms with van der Waals surface area (Å²) in [5.74, 6) is -0.0281. The third-order valence-corrected chi connectivity index (χ3v) is 2.40. The average molecular weight is 263 g/mol. The van der Waals surface area contributed by atoms with E-state index in [9.17, 15) is 13.2 Å². The molecule has 0 unspecified atom stereocenters. The van der Waals surface area contributed by atoms with Gasteiger partial charge in [0.1, 0.15) is 0 Å². The first-order chi connectivity index (χ1) is 7.97. The van der Waals surface area contributed by atoms with Gasteiger partial charge in [0.15, 0.2) is 5.96 Å². The number of aliphatic imine (C=N–C) groups is 1. The molecule has 0 aliphatic heterocycles. The first-order valence-electron chi connectivity index (χ1n) is 4.80. The molecule has 0 saturated heterocycles. The number of halogens is 3. The predicted octanol–water partition coefficient (Wildman–Crippen LogP) is 2.67. The molecule has 0 bridgehead atoms. The molecule has 7 heteroatoms. The minimum atomic E-state index is -4.21. The van der Waals surface area contributed by atoms with Crippen LogP contribution in [0.25, 0.3) is 0 Å². The van der Waals surface area contributed by atoms with Crippen molar-refractivity contribution in [1.82, 2.24) is 0 Å². The molecule has 0 spiro atoms. The van der Waals surface area contributed by atoms with Gasteiger partial charge in [-0.05, 0) is 23.9 Å². The summed E-state index contributed by atoms with van der Waals surface area (Å²) < 4.78 is 35.4. The summed E-state index contributed by atoms with van der Waals surface area (Å²) in [7, 11) is 0. The molecule has 3 nitrogen and oxygen atoms in total. The summed E-state index contributed by atoms with van der Waals surface area (Å²) in [5, 5.41) is 2.78. The summed E-state index contributed by atoms with van der Waals surface area (Å²) >= 11 is -0.109. The molecule has 0 radical (unpaired) electrons. The van der Waals surface area contributed by atoms with Crippen LogP contribution in [-0.2, 0) is 0 Å². The van der Waals surface area contributed by atoms with E-state index in [0.29, 0.717) is 0 Å². The average Bonchev–Trinajstić information content (AvgIpc) is 2.25. The van der Waals surface area contributed by atoms with Crippen molar-refractivity contribution in [2.75, 3.05) is 17.6 Å². The maximum absolute atomic E-state index is 11.8. The topological polar surface area (TPSA) is 50.4 Å². The third kappa shape index (κ3) is 6.72. The minimum absolute atomic E-state index is 0.0237. The summed E-state index contributed by atoms with van der Waals surface area (Å²) in [6.45, 7) is 0.0237. The lowest BCUT2D eigenvalue weighted by molar-refractivity contribution is -0.0327. The number of rotatable bonds is 4. The van der Waals surface area contributed by atoms with Crippen LogP contribution in [0.5, 0.6) is 0 Å². The van der Waals surface area contributed by atoms with Gasteiger partial charge in [-0.2, -0.15) is 13.2 Å². The van der Waals surface area contributed by atoms with Gasteiger partial charge in [-0.1, -0.05) is 18.2 Å². The van der Waals surface area contributed by atoms with Crippen LogP contribution in [0.1, 0.15) is 0 Å². The number of benzene rings is 1. The zero-order valence-electron chi connectivity index (χ0n) is 8.87. The second-order valence-corrected chi connectivity index (χ2v) is 4.21. The van der Waals surface area contributed by atoms with Gasteiger partial charge in [-0.25, -0.2) is 0 Å². The van der Waals surface area contributed by atoms with E-state index in [2.05, 4.69) is 10.3 Å². The Morgan fingerprint density at radius 2 is 1.94 bits per heavy atom. The second-order valence-electron chi connectivity index (χ2n) is 3.05. The van der Waals surface area contributed by atoms with Gasteiger partial charge < -0.3 is 11.1 Å². The molecule has 0 amide bonds. The Balaban J connectivity index is 2.31. The van der Waals surface area contributed by atoms with Crippen LogP contribution in [0.15, 0.2) is 35.3 Å². The highest BCUT2D eigenvalue weighted by atomic mass is 32.2. The maximum atomic E-state index is 11.8. The van der Waals surface area contributed by atoms with E-state index in [1.54, 1.807) is 12.1 Å². The summed E-state index contributed by atoms with van der Waals surface area (Å²) in [6, 6.07) is 9.04. The lowest BCUT2D eigenvalue weighted by atomic mass is 10.3. The van der Waals surface area contributed by atoms with Crippen molar-refractivity contribution in [3.8, 4) is 0 Å². The fourth-order valence-electron chi connectivity index (χ4n) is 1.04. The van der Waals surface area contributed by atoms with E-state index < -0.39 is 5.51 Å². The highest BCUT2D eigenvalue weighted by Crippen LogP contribution is 2.29. The molecule has 0 atom stereocenters. The number of nitrogens with one attached hydrogen (secondary N) is 1. The first kappa shape index (κ1) is 13.7. The number of para-hydroxylation sites is 1. The van der Waals surface area contributed by atoms with Gasteiger partial charge in [0.2, 0.25) is 0 Å². The number of nitrogens with two attached hydrogens (primary N) is 1. The van der Waals surface area contributed by atoms with Crippen LogP contribution < -0.4 is 11.1 Å². The van der Waals surface area contributed by atoms with Crippen LogP contribution in [0, 0.1) is 0 Å².